The van der Waals surface area contributed by atoms with Crippen molar-refractivity contribution in [2.45, 2.75) is 32.6 Å². The molecule has 0 atom stereocenters. The number of nitrogens with zero attached hydrogens (tertiary/aromatic N) is 6. The van der Waals surface area contributed by atoms with Gasteiger partial charge in [-0.15, -0.1) is 15.3 Å². The lowest BCUT2D eigenvalue weighted by atomic mass is 10.3. The van der Waals surface area contributed by atoms with E-state index in [1.165, 1.54) is 12.8 Å². The molecule has 0 bridgehead atoms. The summed E-state index contributed by atoms with van der Waals surface area (Å²) in [6.45, 7) is 3.95. The molecule has 134 valence electrons. The molecule has 3 aromatic heterocycles. The van der Waals surface area contributed by atoms with Gasteiger partial charge in [0.2, 0.25) is 5.91 Å². The molecule has 1 fully saturated rings. The molecule has 0 radical (unpaired) electrons. The summed E-state index contributed by atoms with van der Waals surface area (Å²) in [4.78, 5) is 18.7. The van der Waals surface area contributed by atoms with Gasteiger partial charge in [0.1, 0.15) is 11.6 Å². The molecule has 0 unspecified atom stereocenters. The number of pyridine rings is 1. The van der Waals surface area contributed by atoms with Crippen molar-refractivity contribution in [2.75, 3.05) is 23.3 Å². The molecular formula is C18H21N7O. The van der Waals surface area contributed by atoms with Crippen LogP contribution in [-0.2, 0) is 11.2 Å². The van der Waals surface area contributed by atoms with E-state index in [1.54, 1.807) is 10.6 Å². The van der Waals surface area contributed by atoms with E-state index in [2.05, 4.69) is 30.5 Å². The number of anilines is 2. The minimum atomic E-state index is -0.101. The SMILES string of the molecule is Cc1cccc(NC(=O)CCc2nnc3ccc(N4CCCC4)nn23)n1. The quantitative estimate of drug-likeness (QED) is 0.756. The van der Waals surface area contributed by atoms with E-state index in [0.717, 1.165) is 24.6 Å². The number of carbonyl (C=O) groups is 1. The van der Waals surface area contributed by atoms with Crippen molar-refractivity contribution in [3.05, 3.63) is 41.9 Å². The lowest BCUT2D eigenvalue weighted by Crippen LogP contribution is -2.20. The molecule has 8 heteroatoms. The van der Waals surface area contributed by atoms with Crippen LogP contribution in [0.5, 0.6) is 0 Å². The molecule has 1 amide bonds. The van der Waals surface area contributed by atoms with E-state index in [4.69, 9.17) is 0 Å². The fourth-order valence-electron chi connectivity index (χ4n) is 3.14. The molecule has 8 nitrogen and oxygen atoms in total. The van der Waals surface area contributed by atoms with Crippen LogP contribution in [0.1, 0.15) is 30.8 Å². The maximum Gasteiger partial charge on any atom is 0.225 e. The van der Waals surface area contributed by atoms with Crippen LogP contribution in [0.25, 0.3) is 5.65 Å². The van der Waals surface area contributed by atoms with E-state index in [9.17, 15) is 4.79 Å². The van der Waals surface area contributed by atoms with Crippen molar-refractivity contribution < 1.29 is 4.79 Å². The second-order valence-electron chi connectivity index (χ2n) is 6.48. The first-order valence-corrected chi connectivity index (χ1v) is 8.89. The van der Waals surface area contributed by atoms with Crippen LogP contribution in [-0.4, -0.2) is 43.8 Å². The predicted molar refractivity (Wildman–Crippen MR) is 98.2 cm³/mol. The van der Waals surface area contributed by atoms with E-state index in [-0.39, 0.29) is 5.91 Å². The first-order valence-electron chi connectivity index (χ1n) is 8.89. The molecular weight excluding hydrogens is 330 g/mol. The van der Waals surface area contributed by atoms with Crippen molar-refractivity contribution in [1.82, 2.24) is 24.8 Å². The molecule has 26 heavy (non-hydrogen) atoms. The molecule has 1 saturated heterocycles. The van der Waals surface area contributed by atoms with Crippen LogP contribution in [0.4, 0.5) is 11.6 Å². The van der Waals surface area contributed by atoms with Crippen LogP contribution in [0.2, 0.25) is 0 Å². The van der Waals surface area contributed by atoms with Crippen LogP contribution in [0, 0.1) is 6.92 Å². The minimum absolute atomic E-state index is 0.101. The number of rotatable bonds is 5. The predicted octanol–water partition coefficient (Wildman–Crippen LogP) is 2.00. The zero-order chi connectivity index (χ0) is 17.9. The Bertz CT molecular complexity index is 930. The summed E-state index contributed by atoms with van der Waals surface area (Å²) in [7, 11) is 0. The number of carbonyl (C=O) groups excluding carboxylic acids is 1. The number of hydrogen-bond donors (Lipinski definition) is 1. The number of hydrogen-bond acceptors (Lipinski definition) is 6. The summed E-state index contributed by atoms with van der Waals surface area (Å²) >= 11 is 0. The highest BCUT2D eigenvalue weighted by atomic mass is 16.1. The Morgan fingerprint density at radius 2 is 2.00 bits per heavy atom. The van der Waals surface area contributed by atoms with Gasteiger partial charge in [0.05, 0.1) is 0 Å². The van der Waals surface area contributed by atoms with Crippen LogP contribution in [0.15, 0.2) is 30.3 Å². The van der Waals surface area contributed by atoms with E-state index in [0.29, 0.717) is 30.1 Å². The van der Waals surface area contributed by atoms with Gasteiger partial charge in [-0.3, -0.25) is 4.79 Å². The van der Waals surface area contributed by atoms with Crippen molar-refractivity contribution in [2.24, 2.45) is 0 Å². The zero-order valence-electron chi connectivity index (χ0n) is 14.7. The van der Waals surface area contributed by atoms with Gasteiger partial charge < -0.3 is 10.2 Å². The summed E-state index contributed by atoms with van der Waals surface area (Å²) in [5.74, 6) is 2.09. The third kappa shape index (κ3) is 3.49. The Morgan fingerprint density at radius 1 is 1.15 bits per heavy atom. The average molecular weight is 351 g/mol. The van der Waals surface area contributed by atoms with Gasteiger partial charge in [0, 0.05) is 31.6 Å². The summed E-state index contributed by atoms with van der Waals surface area (Å²) in [5, 5.41) is 15.8. The van der Waals surface area contributed by atoms with Gasteiger partial charge in [-0.05, 0) is 44.0 Å². The second-order valence-corrected chi connectivity index (χ2v) is 6.48. The Hall–Kier alpha value is -3.03. The Kier molecular flexibility index (Phi) is 4.47. The van der Waals surface area contributed by atoms with Crippen molar-refractivity contribution >= 4 is 23.2 Å². The maximum atomic E-state index is 12.2. The molecule has 4 rings (SSSR count). The number of nitrogens with one attached hydrogen (secondary N) is 1. The lowest BCUT2D eigenvalue weighted by Gasteiger charge is -2.15. The van der Waals surface area contributed by atoms with Crippen molar-refractivity contribution in [1.29, 1.82) is 0 Å². The highest BCUT2D eigenvalue weighted by Crippen LogP contribution is 2.18. The van der Waals surface area contributed by atoms with E-state index >= 15 is 0 Å². The second kappa shape index (κ2) is 7.07. The number of aromatic nitrogens is 5. The molecule has 0 saturated carbocycles. The summed E-state index contributed by atoms with van der Waals surface area (Å²) in [5.41, 5.74) is 1.56. The third-order valence-electron chi connectivity index (χ3n) is 4.47. The standard InChI is InChI=1S/C18H21N7O/c1-13-5-4-6-14(19-13)20-18(26)10-9-16-22-21-15-7-8-17(23-25(15)16)24-11-2-3-12-24/h4-8H,2-3,9-12H2,1H3,(H,19,20,26). The molecule has 3 aromatic rings. The van der Waals surface area contributed by atoms with E-state index < -0.39 is 0 Å². The number of aryl methyl sites for hydroxylation is 2. The van der Waals surface area contributed by atoms with Crippen LogP contribution >= 0.6 is 0 Å². The van der Waals surface area contributed by atoms with E-state index in [1.807, 2.05) is 31.2 Å². The van der Waals surface area contributed by atoms with Gasteiger partial charge in [-0.25, -0.2) is 4.98 Å². The van der Waals surface area contributed by atoms with Gasteiger partial charge in [0.25, 0.3) is 0 Å². The Morgan fingerprint density at radius 3 is 2.81 bits per heavy atom. The Balaban J connectivity index is 1.44. The van der Waals surface area contributed by atoms with Gasteiger partial charge in [-0.1, -0.05) is 6.07 Å². The average Bonchev–Trinajstić information content (AvgIpc) is 3.29. The third-order valence-corrected chi connectivity index (χ3v) is 4.47. The monoisotopic (exact) mass is 351 g/mol. The minimum Gasteiger partial charge on any atom is -0.355 e. The largest absolute Gasteiger partial charge is 0.355 e. The first-order chi connectivity index (χ1) is 12.7. The summed E-state index contributed by atoms with van der Waals surface area (Å²) in [6.07, 6.45) is 3.16. The van der Waals surface area contributed by atoms with Gasteiger partial charge in [0.15, 0.2) is 11.5 Å². The lowest BCUT2D eigenvalue weighted by molar-refractivity contribution is -0.116. The highest BCUT2D eigenvalue weighted by molar-refractivity contribution is 5.89. The maximum absolute atomic E-state index is 12.2. The van der Waals surface area contributed by atoms with Crippen molar-refractivity contribution in [3.8, 4) is 0 Å². The fraction of sp³-hybridized carbons (Fsp3) is 0.389. The highest BCUT2D eigenvalue weighted by Gasteiger charge is 2.16. The molecule has 1 aliphatic rings. The number of fused-ring (bicyclic) bond motifs is 1. The molecule has 0 aromatic carbocycles. The van der Waals surface area contributed by atoms with Gasteiger partial charge in [-0.2, -0.15) is 4.52 Å². The van der Waals surface area contributed by atoms with Crippen LogP contribution in [0.3, 0.4) is 0 Å². The molecule has 1 aliphatic heterocycles. The molecule has 0 aliphatic carbocycles. The van der Waals surface area contributed by atoms with Crippen LogP contribution < -0.4 is 10.2 Å². The molecule has 0 spiro atoms. The molecule has 4 heterocycles. The first kappa shape index (κ1) is 16.4. The fourth-order valence-corrected chi connectivity index (χ4v) is 3.14. The smallest absolute Gasteiger partial charge is 0.225 e. The zero-order valence-corrected chi connectivity index (χ0v) is 14.7. The summed E-state index contributed by atoms with van der Waals surface area (Å²) in [6, 6.07) is 9.44. The molecule has 1 N–H and O–H groups in total. The topological polar surface area (TPSA) is 88.3 Å². The Labute approximate surface area is 151 Å². The summed E-state index contributed by atoms with van der Waals surface area (Å²) < 4.78 is 1.74. The van der Waals surface area contributed by atoms with Crippen molar-refractivity contribution in [3.63, 3.8) is 0 Å². The number of amides is 1. The van der Waals surface area contributed by atoms with Gasteiger partial charge >= 0.3 is 0 Å². The normalized spacial score (nSPS) is 14.1.